The highest BCUT2D eigenvalue weighted by Gasteiger charge is 2.96. The molecule has 4 unspecified atom stereocenters. The zero-order valence-electron chi connectivity index (χ0n) is 14.0. The number of ketones is 2. The standard InChI is InChI=1S/C20H20O4/c1-18(2,3)24-17(23)14-15(21)19-8-4-5-9-12(8)13-10(19)6-7-11(13)20(9,19)16(14)22/h4-14H,1-3H3. The molecule has 4 nitrogen and oxygen atoms in total. The molecule has 0 saturated heterocycles. The van der Waals surface area contributed by atoms with E-state index in [1.54, 1.807) is 20.8 Å². The van der Waals surface area contributed by atoms with Gasteiger partial charge < -0.3 is 4.74 Å². The molecule has 4 heteroatoms. The molecule has 124 valence electrons. The van der Waals surface area contributed by atoms with Crippen LogP contribution in [0.15, 0.2) is 24.3 Å². The molecule has 7 rings (SSSR count). The van der Waals surface area contributed by atoms with Gasteiger partial charge in [-0.25, -0.2) is 0 Å². The summed E-state index contributed by atoms with van der Waals surface area (Å²) >= 11 is 0. The summed E-state index contributed by atoms with van der Waals surface area (Å²) in [5.74, 6) is -0.633. The van der Waals surface area contributed by atoms with Gasteiger partial charge in [-0.05, 0) is 56.3 Å². The molecule has 8 bridgehead atoms. The van der Waals surface area contributed by atoms with E-state index in [2.05, 4.69) is 24.3 Å². The largest absolute Gasteiger partial charge is 0.459 e. The van der Waals surface area contributed by atoms with Crippen molar-refractivity contribution >= 4 is 17.5 Å². The van der Waals surface area contributed by atoms with Crippen molar-refractivity contribution in [2.45, 2.75) is 26.4 Å². The number of Topliss-reactive ketones (excluding diaryl/α,β-unsaturated/α-hetero) is 2. The zero-order valence-corrected chi connectivity index (χ0v) is 14.0. The molecule has 0 aliphatic heterocycles. The summed E-state index contributed by atoms with van der Waals surface area (Å²) in [6.07, 6.45) is 8.66. The third-order valence-corrected chi connectivity index (χ3v) is 7.92. The van der Waals surface area contributed by atoms with Crippen LogP contribution in [-0.2, 0) is 19.1 Å². The van der Waals surface area contributed by atoms with Gasteiger partial charge >= 0.3 is 5.97 Å². The Hall–Kier alpha value is -1.71. The summed E-state index contributed by atoms with van der Waals surface area (Å²) in [4.78, 5) is 39.8. The van der Waals surface area contributed by atoms with Crippen molar-refractivity contribution in [2.24, 2.45) is 52.3 Å². The van der Waals surface area contributed by atoms with E-state index in [0.29, 0.717) is 11.8 Å². The fourth-order valence-electron chi connectivity index (χ4n) is 8.00. The Bertz CT molecular complexity index is 728. The Kier molecular flexibility index (Phi) is 1.88. The van der Waals surface area contributed by atoms with E-state index in [4.69, 9.17) is 4.74 Å². The summed E-state index contributed by atoms with van der Waals surface area (Å²) in [5, 5.41) is 0. The molecule has 5 fully saturated rings. The van der Waals surface area contributed by atoms with Crippen molar-refractivity contribution in [2.75, 3.05) is 0 Å². The Morgan fingerprint density at radius 3 is 1.58 bits per heavy atom. The van der Waals surface area contributed by atoms with Gasteiger partial charge in [-0.2, -0.15) is 0 Å². The van der Waals surface area contributed by atoms with E-state index in [1.165, 1.54) is 0 Å². The van der Waals surface area contributed by atoms with Crippen molar-refractivity contribution in [3.8, 4) is 0 Å². The Labute approximate surface area is 140 Å². The van der Waals surface area contributed by atoms with Crippen molar-refractivity contribution in [1.29, 1.82) is 0 Å². The third kappa shape index (κ3) is 0.926. The van der Waals surface area contributed by atoms with Crippen LogP contribution >= 0.6 is 0 Å². The minimum atomic E-state index is -1.21. The number of hydrogen-bond donors (Lipinski definition) is 0. The normalized spacial score (nSPS) is 56.9. The van der Waals surface area contributed by atoms with Crippen LogP contribution < -0.4 is 0 Å². The minimum Gasteiger partial charge on any atom is -0.459 e. The van der Waals surface area contributed by atoms with Crippen LogP contribution in [0.25, 0.3) is 0 Å². The molecule has 0 aromatic carbocycles. The molecular weight excluding hydrogens is 304 g/mol. The first-order chi connectivity index (χ1) is 11.3. The number of esters is 1. The molecule has 7 aliphatic rings. The highest BCUT2D eigenvalue weighted by atomic mass is 16.6. The van der Waals surface area contributed by atoms with Gasteiger partial charge in [-0.15, -0.1) is 0 Å². The summed E-state index contributed by atoms with van der Waals surface area (Å²) in [5.41, 5.74) is -1.97. The topological polar surface area (TPSA) is 60.4 Å². The van der Waals surface area contributed by atoms with Crippen LogP contribution in [0.4, 0.5) is 0 Å². The molecule has 0 radical (unpaired) electrons. The van der Waals surface area contributed by atoms with Crippen LogP contribution in [0.1, 0.15) is 20.8 Å². The molecular formula is C20H20O4. The van der Waals surface area contributed by atoms with E-state index in [0.717, 1.165) is 0 Å². The highest BCUT2D eigenvalue weighted by molar-refractivity contribution is 6.28. The molecule has 0 heterocycles. The van der Waals surface area contributed by atoms with Crippen LogP contribution in [0.3, 0.4) is 0 Å². The maximum atomic E-state index is 13.5. The zero-order chi connectivity index (χ0) is 16.8. The van der Waals surface area contributed by atoms with Gasteiger partial charge in [-0.3, -0.25) is 14.4 Å². The van der Waals surface area contributed by atoms with Crippen LogP contribution in [0.5, 0.6) is 0 Å². The SMILES string of the molecule is CC(C)(C)OC(=O)C1C(=O)C23C4C=CC5C4C4C2C=CC4C53C1=O. The highest BCUT2D eigenvalue weighted by Crippen LogP contribution is 2.92. The van der Waals surface area contributed by atoms with Gasteiger partial charge in [0.2, 0.25) is 0 Å². The molecule has 2 spiro atoms. The Morgan fingerprint density at radius 1 is 0.875 bits per heavy atom. The maximum absolute atomic E-state index is 13.5. The first-order valence-electron chi connectivity index (χ1n) is 8.96. The number of allylic oxidation sites excluding steroid dienone is 4. The second-order valence-corrected chi connectivity index (χ2v) is 9.46. The number of hydrogen-bond acceptors (Lipinski definition) is 4. The van der Waals surface area contributed by atoms with E-state index in [-0.39, 0.29) is 35.2 Å². The second kappa shape index (κ2) is 3.33. The number of rotatable bonds is 1. The number of carbonyl (C=O) groups excluding carboxylic acids is 3. The predicted octanol–water partition coefficient (Wildman–Crippen LogP) is 1.95. The number of carbonyl (C=O) groups is 3. The summed E-state index contributed by atoms with van der Waals surface area (Å²) < 4.78 is 5.45. The first-order valence-corrected chi connectivity index (χ1v) is 8.96. The van der Waals surface area contributed by atoms with Crippen molar-refractivity contribution in [3.05, 3.63) is 24.3 Å². The van der Waals surface area contributed by atoms with E-state index in [1.807, 2.05) is 0 Å². The number of ether oxygens (including phenoxy) is 1. The minimum absolute atomic E-state index is 0.136. The monoisotopic (exact) mass is 324 g/mol. The van der Waals surface area contributed by atoms with Gasteiger partial charge in [-0.1, -0.05) is 24.3 Å². The molecule has 7 aliphatic carbocycles. The maximum Gasteiger partial charge on any atom is 0.324 e. The fourth-order valence-corrected chi connectivity index (χ4v) is 8.00. The fraction of sp³-hybridized carbons (Fsp3) is 0.650. The Balaban J connectivity index is 1.54. The first kappa shape index (κ1) is 13.6. The average molecular weight is 324 g/mol. The third-order valence-electron chi connectivity index (χ3n) is 7.92. The van der Waals surface area contributed by atoms with Crippen LogP contribution in [0, 0.1) is 52.3 Å². The molecule has 0 aromatic rings. The van der Waals surface area contributed by atoms with Gasteiger partial charge in [0.15, 0.2) is 17.5 Å². The van der Waals surface area contributed by atoms with Crippen molar-refractivity contribution in [1.82, 2.24) is 0 Å². The smallest absolute Gasteiger partial charge is 0.324 e. The van der Waals surface area contributed by atoms with E-state index in [9.17, 15) is 14.4 Å². The lowest BCUT2D eigenvalue weighted by Gasteiger charge is -2.45. The summed E-state index contributed by atoms with van der Waals surface area (Å²) in [7, 11) is 0. The molecule has 0 N–H and O–H groups in total. The Morgan fingerprint density at radius 2 is 1.25 bits per heavy atom. The average Bonchev–Trinajstić information content (AvgIpc) is 3.24. The second-order valence-electron chi connectivity index (χ2n) is 9.46. The van der Waals surface area contributed by atoms with Gasteiger partial charge in [0, 0.05) is 0 Å². The predicted molar refractivity (Wildman–Crippen MR) is 83.4 cm³/mol. The lowest BCUT2D eigenvalue weighted by molar-refractivity contribution is -0.163. The lowest BCUT2D eigenvalue weighted by Crippen LogP contribution is -2.50. The molecule has 5 saturated carbocycles. The van der Waals surface area contributed by atoms with E-state index < -0.39 is 28.3 Å². The quantitative estimate of drug-likeness (QED) is 0.420. The summed E-state index contributed by atoms with van der Waals surface area (Å²) in [6, 6.07) is 0. The molecule has 0 aromatic heterocycles. The van der Waals surface area contributed by atoms with Crippen LogP contribution in [-0.4, -0.2) is 23.1 Å². The lowest BCUT2D eigenvalue weighted by atomic mass is 9.54. The van der Waals surface area contributed by atoms with Crippen molar-refractivity contribution < 1.29 is 19.1 Å². The molecule has 0 amide bonds. The molecule has 24 heavy (non-hydrogen) atoms. The van der Waals surface area contributed by atoms with Gasteiger partial charge in [0.25, 0.3) is 0 Å². The van der Waals surface area contributed by atoms with Gasteiger partial charge in [0.1, 0.15) is 5.60 Å². The van der Waals surface area contributed by atoms with Crippen molar-refractivity contribution in [3.63, 3.8) is 0 Å². The summed E-state index contributed by atoms with van der Waals surface area (Å²) in [6.45, 7) is 5.31. The van der Waals surface area contributed by atoms with E-state index >= 15 is 0 Å². The van der Waals surface area contributed by atoms with Crippen LogP contribution in [0.2, 0.25) is 0 Å². The van der Waals surface area contributed by atoms with Gasteiger partial charge in [0.05, 0.1) is 10.8 Å². The molecule has 4 atom stereocenters.